The maximum atomic E-state index is 12.1. The lowest BCUT2D eigenvalue weighted by molar-refractivity contribution is 0.102. The fraction of sp³-hybridized carbons (Fsp3) is 0.214. The molecule has 0 spiro atoms. The molecule has 1 amide bonds. The number of hydrogen-bond donors (Lipinski definition) is 2. The molecule has 20 heavy (non-hydrogen) atoms. The van der Waals surface area contributed by atoms with Crippen LogP contribution in [0.15, 0.2) is 36.7 Å². The van der Waals surface area contributed by atoms with Crippen molar-refractivity contribution in [2.45, 2.75) is 6.92 Å². The summed E-state index contributed by atoms with van der Waals surface area (Å²) in [6.07, 6.45) is 3.00. The highest BCUT2D eigenvalue weighted by Crippen LogP contribution is 2.17. The minimum Gasteiger partial charge on any atom is -0.497 e. The van der Waals surface area contributed by atoms with Crippen molar-refractivity contribution in [3.05, 3.63) is 42.4 Å². The summed E-state index contributed by atoms with van der Waals surface area (Å²) in [5.41, 5.74) is 0.899. The first-order chi connectivity index (χ1) is 9.72. The minimum atomic E-state index is -0.314. The molecule has 0 saturated carbocycles. The molecule has 0 unspecified atom stereocenters. The Hall–Kier alpha value is -2.63. The Balaban J connectivity index is 2.12. The molecule has 0 atom stereocenters. The molecule has 6 heteroatoms. The number of methoxy groups -OCH3 is 1. The third-order valence-corrected chi connectivity index (χ3v) is 2.55. The molecule has 1 heterocycles. The second kappa shape index (κ2) is 6.51. The lowest BCUT2D eigenvalue weighted by Gasteiger charge is -2.07. The summed E-state index contributed by atoms with van der Waals surface area (Å²) in [5.74, 6) is 0.937. The number of nitrogens with one attached hydrogen (secondary N) is 2. The Morgan fingerprint density at radius 3 is 2.95 bits per heavy atom. The highest BCUT2D eigenvalue weighted by Gasteiger charge is 2.09. The van der Waals surface area contributed by atoms with Crippen LogP contribution in [0.4, 0.5) is 11.5 Å². The van der Waals surface area contributed by atoms with E-state index in [0.717, 1.165) is 6.54 Å². The van der Waals surface area contributed by atoms with Crippen LogP contribution in [0.25, 0.3) is 0 Å². The molecule has 0 saturated heterocycles. The van der Waals surface area contributed by atoms with Crippen LogP contribution in [0, 0.1) is 0 Å². The standard InChI is InChI=1S/C14H16N4O2/c1-3-16-13-9-15-8-12(18-13)14(19)17-10-5-4-6-11(7-10)20-2/h4-9H,3H2,1-2H3,(H,16,18)(H,17,19). The van der Waals surface area contributed by atoms with Gasteiger partial charge in [0, 0.05) is 18.3 Å². The van der Waals surface area contributed by atoms with Crippen LogP contribution < -0.4 is 15.4 Å². The summed E-state index contributed by atoms with van der Waals surface area (Å²) in [5, 5.41) is 5.76. The van der Waals surface area contributed by atoms with Crippen LogP contribution in [0.3, 0.4) is 0 Å². The fourth-order valence-corrected chi connectivity index (χ4v) is 1.64. The molecule has 0 aliphatic carbocycles. The molecule has 0 fully saturated rings. The first-order valence-electron chi connectivity index (χ1n) is 6.24. The predicted molar refractivity (Wildman–Crippen MR) is 77.1 cm³/mol. The van der Waals surface area contributed by atoms with Crippen molar-refractivity contribution in [2.75, 3.05) is 24.3 Å². The molecular formula is C14H16N4O2. The molecule has 0 aliphatic rings. The number of aromatic nitrogens is 2. The van der Waals surface area contributed by atoms with Gasteiger partial charge in [-0.2, -0.15) is 0 Å². The SMILES string of the molecule is CCNc1cncc(C(=O)Nc2cccc(OC)c2)n1. The average molecular weight is 272 g/mol. The predicted octanol–water partition coefficient (Wildman–Crippen LogP) is 2.17. The molecule has 1 aromatic heterocycles. The van der Waals surface area contributed by atoms with Gasteiger partial charge >= 0.3 is 0 Å². The van der Waals surface area contributed by atoms with Gasteiger partial charge in [0.1, 0.15) is 17.3 Å². The van der Waals surface area contributed by atoms with Crippen molar-refractivity contribution in [3.63, 3.8) is 0 Å². The first-order valence-corrected chi connectivity index (χ1v) is 6.24. The van der Waals surface area contributed by atoms with Crippen LogP contribution in [0.5, 0.6) is 5.75 Å². The van der Waals surface area contributed by atoms with E-state index in [4.69, 9.17) is 4.74 Å². The Bertz CT molecular complexity index is 601. The molecule has 2 N–H and O–H groups in total. The van der Waals surface area contributed by atoms with Gasteiger partial charge in [-0.1, -0.05) is 6.07 Å². The Morgan fingerprint density at radius 1 is 1.35 bits per heavy atom. The van der Waals surface area contributed by atoms with Crippen LogP contribution in [0.1, 0.15) is 17.4 Å². The van der Waals surface area contributed by atoms with E-state index in [9.17, 15) is 4.79 Å². The van der Waals surface area contributed by atoms with Gasteiger partial charge in [0.15, 0.2) is 0 Å². The average Bonchev–Trinajstić information content (AvgIpc) is 2.48. The van der Waals surface area contributed by atoms with E-state index in [0.29, 0.717) is 17.3 Å². The van der Waals surface area contributed by atoms with E-state index in [-0.39, 0.29) is 11.6 Å². The van der Waals surface area contributed by atoms with Gasteiger partial charge < -0.3 is 15.4 Å². The lowest BCUT2D eigenvalue weighted by Crippen LogP contribution is -2.15. The Morgan fingerprint density at radius 2 is 2.20 bits per heavy atom. The number of rotatable bonds is 5. The van der Waals surface area contributed by atoms with Crippen LogP contribution in [-0.2, 0) is 0 Å². The number of carbonyl (C=O) groups is 1. The third-order valence-electron chi connectivity index (χ3n) is 2.55. The smallest absolute Gasteiger partial charge is 0.275 e. The van der Waals surface area contributed by atoms with Crippen molar-refractivity contribution >= 4 is 17.4 Å². The molecule has 1 aromatic carbocycles. The van der Waals surface area contributed by atoms with E-state index in [1.54, 1.807) is 37.6 Å². The molecule has 0 radical (unpaired) electrons. The number of nitrogens with zero attached hydrogens (tertiary/aromatic N) is 2. The van der Waals surface area contributed by atoms with Crippen molar-refractivity contribution in [3.8, 4) is 5.75 Å². The number of hydrogen-bond acceptors (Lipinski definition) is 5. The van der Waals surface area contributed by atoms with Crippen LogP contribution >= 0.6 is 0 Å². The van der Waals surface area contributed by atoms with E-state index < -0.39 is 0 Å². The van der Waals surface area contributed by atoms with Gasteiger partial charge in [0.25, 0.3) is 5.91 Å². The Labute approximate surface area is 117 Å². The van der Waals surface area contributed by atoms with Crippen LogP contribution in [0.2, 0.25) is 0 Å². The van der Waals surface area contributed by atoms with E-state index >= 15 is 0 Å². The second-order valence-electron chi connectivity index (χ2n) is 4.01. The monoisotopic (exact) mass is 272 g/mol. The Kier molecular flexibility index (Phi) is 4.49. The quantitative estimate of drug-likeness (QED) is 0.872. The highest BCUT2D eigenvalue weighted by molar-refractivity contribution is 6.02. The molecule has 104 valence electrons. The zero-order valence-electron chi connectivity index (χ0n) is 11.4. The van der Waals surface area contributed by atoms with Gasteiger partial charge in [-0.25, -0.2) is 4.98 Å². The molecule has 0 aliphatic heterocycles. The van der Waals surface area contributed by atoms with E-state index in [1.165, 1.54) is 6.20 Å². The number of benzene rings is 1. The van der Waals surface area contributed by atoms with Gasteiger partial charge in [0.05, 0.1) is 19.5 Å². The maximum Gasteiger partial charge on any atom is 0.275 e. The van der Waals surface area contributed by atoms with Crippen molar-refractivity contribution in [1.82, 2.24) is 9.97 Å². The molecule has 6 nitrogen and oxygen atoms in total. The van der Waals surface area contributed by atoms with Gasteiger partial charge in [-0.3, -0.25) is 9.78 Å². The highest BCUT2D eigenvalue weighted by atomic mass is 16.5. The summed E-state index contributed by atoms with van der Waals surface area (Å²) in [6.45, 7) is 2.67. The molecular weight excluding hydrogens is 256 g/mol. The van der Waals surface area contributed by atoms with Gasteiger partial charge in [-0.15, -0.1) is 0 Å². The first kappa shape index (κ1) is 13.8. The summed E-state index contributed by atoms with van der Waals surface area (Å²) in [6, 6.07) is 7.12. The number of amides is 1. The summed E-state index contributed by atoms with van der Waals surface area (Å²) in [4.78, 5) is 20.3. The van der Waals surface area contributed by atoms with E-state index in [2.05, 4.69) is 20.6 Å². The van der Waals surface area contributed by atoms with Crippen molar-refractivity contribution < 1.29 is 9.53 Å². The van der Waals surface area contributed by atoms with Gasteiger partial charge in [-0.05, 0) is 19.1 Å². The van der Waals surface area contributed by atoms with E-state index in [1.807, 2.05) is 6.92 Å². The van der Waals surface area contributed by atoms with Gasteiger partial charge in [0.2, 0.25) is 0 Å². The normalized spacial score (nSPS) is 9.90. The number of anilines is 2. The third kappa shape index (κ3) is 3.44. The maximum absolute atomic E-state index is 12.1. The minimum absolute atomic E-state index is 0.256. The van der Waals surface area contributed by atoms with Crippen LogP contribution in [-0.4, -0.2) is 29.5 Å². The topological polar surface area (TPSA) is 76.1 Å². The van der Waals surface area contributed by atoms with Crippen molar-refractivity contribution in [1.29, 1.82) is 0 Å². The second-order valence-corrected chi connectivity index (χ2v) is 4.01. The summed E-state index contributed by atoms with van der Waals surface area (Å²) < 4.78 is 5.10. The zero-order chi connectivity index (χ0) is 14.4. The summed E-state index contributed by atoms with van der Waals surface area (Å²) in [7, 11) is 1.58. The van der Waals surface area contributed by atoms with Crippen molar-refractivity contribution in [2.24, 2.45) is 0 Å². The molecule has 0 bridgehead atoms. The zero-order valence-corrected chi connectivity index (χ0v) is 11.4. The molecule has 2 rings (SSSR count). The number of ether oxygens (including phenoxy) is 1. The lowest BCUT2D eigenvalue weighted by atomic mass is 10.3. The fourth-order valence-electron chi connectivity index (χ4n) is 1.64. The number of carbonyl (C=O) groups excluding carboxylic acids is 1. The molecule has 2 aromatic rings. The largest absolute Gasteiger partial charge is 0.497 e. The summed E-state index contributed by atoms with van der Waals surface area (Å²) >= 11 is 0.